The molecule has 1 heterocycles. The topological polar surface area (TPSA) is 106 Å². The minimum atomic E-state index is -3.98. The lowest BCUT2D eigenvalue weighted by Gasteiger charge is -2.41. The summed E-state index contributed by atoms with van der Waals surface area (Å²) < 4.78 is 33.7. The second-order valence-electron chi connectivity index (χ2n) is 10.7. The molecule has 0 aliphatic heterocycles. The van der Waals surface area contributed by atoms with Crippen molar-refractivity contribution in [3.63, 3.8) is 0 Å². The molecule has 2 aromatic rings. The first-order valence-corrected chi connectivity index (χ1v) is 15.8. The third-order valence-corrected chi connectivity index (χ3v) is 10.4. The molecule has 206 valence electrons. The van der Waals surface area contributed by atoms with Crippen LogP contribution in [-0.4, -0.2) is 31.6 Å². The van der Waals surface area contributed by atoms with Gasteiger partial charge in [-0.1, -0.05) is 70.6 Å². The number of hydrogen-bond acceptors (Lipinski definition) is 6. The van der Waals surface area contributed by atoms with Crippen molar-refractivity contribution >= 4 is 38.6 Å². The molecular weight excluding hydrogens is 520 g/mol. The van der Waals surface area contributed by atoms with Gasteiger partial charge in [0.25, 0.3) is 10.0 Å². The van der Waals surface area contributed by atoms with Gasteiger partial charge in [0.2, 0.25) is 0 Å². The number of aromatic nitrogens is 1. The Kier molecular flexibility index (Phi) is 8.98. The van der Waals surface area contributed by atoms with Crippen molar-refractivity contribution in [2.24, 2.45) is 17.3 Å². The molecular formula is C29H38N2O5S2. The molecule has 4 rings (SSSR count). The Bertz CT molecular complexity index is 1310. The highest BCUT2D eigenvalue weighted by molar-refractivity contribution is 7.92. The van der Waals surface area contributed by atoms with Crippen LogP contribution in [0, 0.1) is 17.3 Å². The molecule has 0 amide bonds. The lowest BCUT2D eigenvalue weighted by Crippen LogP contribution is -2.30. The van der Waals surface area contributed by atoms with Gasteiger partial charge in [-0.2, -0.15) is 8.42 Å². The Morgan fingerprint density at radius 1 is 1.24 bits per heavy atom. The predicted molar refractivity (Wildman–Crippen MR) is 152 cm³/mol. The number of methoxy groups -OCH3 is 1. The van der Waals surface area contributed by atoms with E-state index in [1.807, 2.05) is 0 Å². The SMILES string of the molecule is CCCCCC1CCC(C2(C)C=CC(c3nc(S(=O)(=O)Nc4ccc(C(=O)O)cc4OC)cs3)=CC2)CC1. The van der Waals surface area contributed by atoms with E-state index in [1.54, 1.807) is 0 Å². The van der Waals surface area contributed by atoms with Gasteiger partial charge in [-0.3, -0.25) is 4.72 Å². The first-order valence-electron chi connectivity index (χ1n) is 13.4. The van der Waals surface area contributed by atoms with E-state index in [9.17, 15) is 18.3 Å². The van der Waals surface area contributed by atoms with Crippen molar-refractivity contribution in [1.29, 1.82) is 0 Å². The van der Waals surface area contributed by atoms with Crippen molar-refractivity contribution in [3.05, 3.63) is 52.4 Å². The van der Waals surface area contributed by atoms with E-state index in [1.165, 1.54) is 93.4 Å². The average Bonchev–Trinajstić information content (AvgIpc) is 3.41. The third kappa shape index (κ3) is 6.49. The summed E-state index contributed by atoms with van der Waals surface area (Å²) in [7, 11) is -2.62. The van der Waals surface area contributed by atoms with Gasteiger partial charge in [-0.25, -0.2) is 9.78 Å². The Morgan fingerprint density at radius 2 is 2.00 bits per heavy atom. The molecule has 7 nitrogen and oxygen atoms in total. The van der Waals surface area contributed by atoms with Gasteiger partial charge in [0.05, 0.1) is 18.4 Å². The molecule has 2 N–H and O–H groups in total. The number of nitrogens with zero attached hydrogens (tertiary/aromatic N) is 1. The van der Waals surface area contributed by atoms with E-state index in [0.29, 0.717) is 10.9 Å². The largest absolute Gasteiger partial charge is 0.495 e. The van der Waals surface area contributed by atoms with Gasteiger partial charge in [-0.15, -0.1) is 11.3 Å². The minimum absolute atomic E-state index is 0.00350. The summed E-state index contributed by atoms with van der Waals surface area (Å²) in [5.74, 6) is 0.565. The normalized spacial score (nSPS) is 23.6. The number of sulfonamides is 1. The number of allylic oxidation sites excluding steroid dienone is 4. The van der Waals surface area contributed by atoms with Crippen molar-refractivity contribution in [1.82, 2.24) is 4.98 Å². The number of anilines is 1. The Balaban J connectivity index is 1.39. The number of carbonyl (C=O) groups is 1. The van der Waals surface area contributed by atoms with Crippen molar-refractivity contribution < 1.29 is 23.1 Å². The molecule has 1 unspecified atom stereocenters. The third-order valence-electron chi connectivity index (χ3n) is 8.10. The number of carboxylic acids is 1. The lowest BCUT2D eigenvalue weighted by molar-refractivity contribution is 0.0696. The molecule has 9 heteroatoms. The number of aromatic carboxylic acids is 1. The molecule has 1 saturated carbocycles. The lowest BCUT2D eigenvalue weighted by atomic mass is 9.64. The summed E-state index contributed by atoms with van der Waals surface area (Å²) in [6.45, 7) is 4.61. The maximum absolute atomic E-state index is 13.0. The molecule has 1 atom stereocenters. The maximum atomic E-state index is 13.0. The fourth-order valence-electron chi connectivity index (χ4n) is 5.62. The summed E-state index contributed by atoms with van der Waals surface area (Å²) in [5.41, 5.74) is 1.23. The highest BCUT2D eigenvalue weighted by atomic mass is 32.2. The van der Waals surface area contributed by atoms with E-state index >= 15 is 0 Å². The van der Waals surface area contributed by atoms with E-state index in [4.69, 9.17) is 4.74 Å². The number of carboxylic acid groups (broad SMARTS) is 1. The van der Waals surface area contributed by atoms with Crippen LogP contribution in [0.4, 0.5) is 5.69 Å². The summed E-state index contributed by atoms with van der Waals surface area (Å²) in [5, 5.41) is 11.3. The van der Waals surface area contributed by atoms with E-state index < -0.39 is 16.0 Å². The summed E-state index contributed by atoms with van der Waals surface area (Å²) in [6, 6.07) is 3.97. The standard InChI is InChI=1S/C29H38N2O5S2/c1-4-5-6-7-20-8-11-23(12-9-20)29(2)16-14-21(15-17-29)27-30-26(19-37-27)38(34,35)31-24-13-10-22(28(32)33)18-25(24)36-3/h10,13-16,18-20,23,31H,4-9,11-12,17H2,1-3H3,(H,32,33). The fourth-order valence-corrected chi connectivity index (χ4v) is 7.81. The second-order valence-corrected chi connectivity index (χ2v) is 13.2. The summed E-state index contributed by atoms with van der Waals surface area (Å²) in [6.07, 6.45) is 18.1. The zero-order valence-electron chi connectivity index (χ0n) is 22.4. The average molecular weight is 559 g/mol. The van der Waals surface area contributed by atoms with Crippen LogP contribution >= 0.6 is 11.3 Å². The van der Waals surface area contributed by atoms with Crippen LogP contribution in [0.3, 0.4) is 0 Å². The van der Waals surface area contributed by atoms with Crippen LogP contribution in [-0.2, 0) is 10.0 Å². The Labute approximate surface area is 230 Å². The number of hydrogen-bond donors (Lipinski definition) is 2. The molecule has 0 saturated heterocycles. The quantitative estimate of drug-likeness (QED) is 0.279. The number of benzene rings is 1. The predicted octanol–water partition coefficient (Wildman–Crippen LogP) is 7.39. The van der Waals surface area contributed by atoms with Gasteiger partial charge in [0, 0.05) is 11.0 Å². The van der Waals surface area contributed by atoms with Crippen LogP contribution in [0.15, 0.2) is 46.8 Å². The van der Waals surface area contributed by atoms with Gasteiger partial charge in [0.15, 0.2) is 5.03 Å². The van der Waals surface area contributed by atoms with Crippen LogP contribution in [0.25, 0.3) is 5.57 Å². The van der Waals surface area contributed by atoms with Crippen LogP contribution in [0.2, 0.25) is 0 Å². The zero-order valence-corrected chi connectivity index (χ0v) is 24.0. The molecule has 2 aliphatic rings. The molecule has 0 radical (unpaired) electrons. The van der Waals surface area contributed by atoms with Crippen LogP contribution < -0.4 is 9.46 Å². The molecule has 38 heavy (non-hydrogen) atoms. The molecule has 2 aliphatic carbocycles. The highest BCUT2D eigenvalue weighted by Crippen LogP contribution is 2.47. The first kappa shape index (κ1) is 28.4. The number of ether oxygens (including phenoxy) is 1. The van der Waals surface area contributed by atoms with Gasteiger partial charge in [-0.05, 0) is 54.7 Å². The number of thiazole rings is 1. The summed E-state index contributed by atoms with van der Waals surface area (Å²) in [4.78, 5) is 15.6. The molecule has 1 aromatic carbocycles. The van der Waals surface area contributed by atoms with Crippen LogP contribution in [0.1, 0.15) is 87.0 Å². The van der Waals surface area contributed by atoms with E-state index in [-0.39, 0.29) is 27.4 Å². The molecule has 1 aromatic heterocycles. The van der Waals surface area contributed by atoms with Crippen molar-refractivity contribution in [2.45, 2.75) is 76.7 Å². The van der Waals surface area contributed by atoms with Crippen LogP contribution in [0.5, 0.6) is 5.75 Å². The Morgan fingerprint density at radius 3 is 2.63 bits per heavy atom. The molecule has 1 fully saturated rings. The molecule has 0 bridgehead atoms. The summed E-state index contributed by atoms with van der Waals surface area (Å²) >= 11 is 1.30. The van der Waals surface area contributed by atoms with Crippen molar-refractivity contribution in [3.8, 4) is 5.75 Å². The molecule has 0 spiro atoms. The fraction of sp³-hybridized carbons (Fsp3) is 0.517. The van der Waals surface area contributed by atoms with E-state index in [0.717, 1.165) is 17.9 Å². The zero-order chi connectivity index (χ0) is 27.3. The highest BCUT2D eigenvalue weighted by Gasteiger charge is 2.35. The van der Waals surface area contributed by atoms with Gasteiger partial charge >= 0.3 is 5.97 Å². The first-order chi connectivity index (χ1) is 18.1. The number of rotatable bonds is 11. The van der Waals surface area contributed by atoms with E-state index in [2.05, 4.69) is 41.8 Å². The monoisotopic (exact) mass is 558 g/mol. The van der Waals surface area contributed by atoms with Crippen molar-refractivity contribution in [2.75, 3.05) is 11.8 Å². The second kappa shape index (κ2) is 12.0. The number of unbranched alkanes of at least 4 members (excludes halogenated alkanes) is 2. The Hall–Kier alpha value is -2.65. The minimum Gasteiger partial charge on any atom is -0.495 e. The van der Waals surface area contributed by atoms with Gasteiger partial charge < -0.3 is 9.84 Å². The smallest absolute Gasteiger partial charge is 0.335 e. The number of nitrogens with one attached hydrogen (secondary N) is 1. The maximum Gasteiger partial charge on any atom is 0.335 e. The van der Waals surface area contributed by atoms with Gasteiger partial charge in [0.1, 0.15) is 10.8 Å².